The molecule has 118 valence electrons. The van der Waals surface area contributed by atoms with Crippen molar-refractivity contribution >= 4 is 11.6 Å². The first-order chi connectivity index (χ1) is 10.2. The van der Waals surface area contributed by atoms with Crippen LogP contribution in [0.15, 0.2) is 6.33 Å². The Morgan fingerprint density at radius 3 is 2.52 bits per heavy atom. The van der Waals surface area contributed by atoms with E-state index in [-0.39, 0.29) is 0 Å². The molecule has 1 aromatic heterocycles. The highest BCUT2D eigenvalue weighted by Crippen LogP contribution is 2.28. The van der Waals surface area contributed by atoms with Crippen LogP contribution in [-0.2, 0) is 4.74 Å². The predicted molar refractivity (Wildman–Crippen MR) is 87.0 cm³/mol. The maximum Gasteiger partial charge on any atom is 0.134 e. The van der Waals surface area contributed by atoms with Gasteiger partial charge in [-0.1, -0.05) is 20.8 Å². The summed E-state index contributed by atoms with van der Waals surface area (Å²) >= 11 is 0. The lowest BCUT2D eigenvalue weighted by atomic mass is 10.0. The zero-order chi connectivity index (χ0) is 15.1. The Morgan fingerprint density at radius 1 is 1.24 bits per heavy atom. The molecule has 0 aliphatic carbocycles. The first-order valence-corrected chi connectivity index (χ1v) is 8.16. The van der Waals surface area contributed by atoms with Gasteiger partial charge in [0.2, 0.25) is 0 Å². The zero-order valence-corrected chi connectivity index (χ0v) is 13.5. The molecule has 0 saturated carbocycles. The van der Waals surface area contributed by atoms with Crippen LogP contribution in [-0.4, -0.2) is 35.8 Å². The molecule has 1 aliphatic heterocycles. The van der Waals surface area contributed by atoms with E-state index >= 15 is 0 Å². The monoisotopic (exact) mass is 292 g/mol. The molecule has 1 unspecified atom stereocenters. The Morgan fingerprint density at radius 2 is 1.95 bits per heavy atom. The van der Waals surface area contributed by atoms with Crippen LogP contribution in [0.4, 0.5) is 11.6 Å². The van der Waals surface area contributed by atoms with E-state index in [1.807, 2.05) is 0 Å². The summed E-state index contributed by atoms with van der Waals surface area (Å²) < 4.78 is 5.66. The summed E-state index contributed by atoms with van der Waals surface area (Å²) in [7, 11) is 0. The number of hydrogen-bond donors (Lipinski definition) is 2. The van der Waals surface area contributed by atoms with Crippen LogP contribution in [0.2, 0.25) is 0 Å². The van der Waals surface area contributed by atoms with Crippen molar-refractivity contribution in [3.63, 3.8) is 0 Å². The molecule has 2 rings (SSSR count). The van der Waals surface area contributed by atoms with Crippen LogP contribution in [0, 0.1) is 0 Å². The average Bonchev–Trinajstić information content (AvgIpc) is 2.98. The Bertz CT molecular complexity index is 430. The van der Waals surface area contributed by atoms with Crippen LogP contribution in [0.25, 0.3) is 0 Å². The van der Waals surface area contributed by atoms with Crippen molar-refractivity contribution in [1.82, 2.24) is 9.97 Å². The Kier molecular flexibility index (Phi) is 6.23. The molecule has 1 aliphatic rings. The number of anilines is 2. The molecule has 0 amide bonds. The topological polar surface area (TPSA) is 59.1 Å². The minimum atomic E-state index is 0.385. The summed E-state index contributed by atoms with van der Waals surface area (Å²) in [5.74, 6) is 2.30. The van der Waals surface area contributed by atoms with E-state index < -0.39 is 0 Å². The van der Waals surface area contributed by atoms with Gasteiger partial charge >= 0.3 is 0 Å². The number of rotatable bonds is 8. The van der Waals surface area contributed by atoms with E-state index in [0.717, 1.165) is 44.2 Å². The van der Waals surface area contributed by atoms with E-state index in [2.05, 4.69) is 41.4 Å². The molecular formula is C16H28N4O. The fourth-order valence-corrected chi connectivity index (χ4v) is 2.69. The van der Waals surface area contributed by atoms with Gasteiger partial charge in [0, 0.05) is 25.3 Å². The number of hydrogen-bond acceptors (Lipinski definition) is 5. The van der Waals surface area contributed by atoms with Gasteiger partial charge in [-0.15, -0.1) is 0 Å². The van der Waals surface area contributed by atoms with Crippen LogP contribution in [0.5, 0.6) is 0 Å². The summed E-state index contributed by atoms with van der Waals surface area (Å²) in [4.78, 5) is 8.83. The molecule has 0 bridgehead atoms. The Balaban J connectivity index is 1.99. The summed E-state index contributed by atoms with van der Waals surface area (Å²) in [5, 5.41) is 6.87. The maximum absolute atomic E-state index is 5.66. The van der Waals surface area contributed by atoms with Gasteiger partial charge in [-0.25, -0.2) is 9.97 Å². The first-order valence-electron chi connectivity index (χ1n) is 8.16. The van der Waals surface area contributed by atoms with E-state index in [1.165, 1.54) is 18.4 Å². The summed E-state index contributed by atoms with van der Waals surface area (Å²) in [6.07, 6.45) is 6.56. The van der Waals surface area contributed by atoms with Gasteiger partial charge in [0.15, 0.2) is 0 Å². The van der Waals surface area contributed by atoms with Gasteiger partial charge in [-0.3, -0.25) is 0 Å². The van der Waals surface area contributed by atoms with Gasteiger partial charge in [0.05, 0.1) is 6.10 Å². The molecule has 1 aromatic rings. The largest absolute Gasteiger partial charge is 0.378 e. The third kappa shape index (κ3) is 4.56. The van der Waals surface area contributed by atoms with E-state index in [9.17, 15) is 0 Å². The molecule has 1 saturated heterocycles. The standard InChI is InChI=1S/C16H28N4O/c1-4-8-17-15-14(12(2)3)16(20-11-19-15)18-9-7-13-6-5-10-21-13/h11-13H,4-10H2,1-3H3,(H2,17,18,19,20). The molecule has 0 radical (unpaired) electrons. The average molecular weight is 292 g/mol. The van der Waals surface area contributed by atoms with Gasteiger partial charge in [0.1, 0.15) is 18.0 Å². The maximum atomic E-state index is 5.66. The number of aromatic nitrogens is 2. The second-order valence-corrected chi connectivity index (χ2v) is 5.92. The van der Waals surface area contributed by atoms with Crippen molar-refractivity contribution < 1.29 is 4.74 Å². The molecular weight excluding hydrogens is 264 g/mol. The van der Waals surface area contributed by atoms with Crippen molar-refractivity contribution in [1.29, 1.82) is 0 Å². The summed E-state index contributed by atoms with van der Waals surface area (Å²) in [6, 6.07) is 0. The van der Waals surface area contributed by atoms with Gasteiger partial charge in [-0.05, 0) is 31.6 Å². The second kappa shape index (κ2) is 8.17. The third-order valence-electron chi connectivity index (χ3n) is 3.79. The summed E-state index contributed by atoms with van der Waals surface area (Å²) in [6.45, 7) is 9.27. The normalized spacial score (nSPS) is 18.2. The molecule has 21 heavy (non-hydrogen) atoms. The predicted octanol–water partition coefficient (Wildman–Crippen LogP) is 3.40. The van der Waals surface area contributed by atoms with Crippen LogP contribution in [0.3, 0.4) is 0 Å². The molecule has 1 fully saturated rings. The smallest absolute Gasteiger partial charge is 0.134 e. The van der Waals surface area contributed by atoms with Gasteiger partial charge in [-0.2, -0.15) is 0 Å². The fourth-order valence-electron chi connectivity index (χ4n) is 2.69. The molecule has 2 heterocycles. The molecule has 0 aromatic carbocycles. The van der Waals surface area contributed by atoms with Crippen LogP contribution in [0.1, 0.15) is 57.9 Å². The van der Waals surface area contributed by atoms with E-state index in [4.69, 9.17) is 4.74 Å². The van der Waals surface area contributed by atoms with Gasteiger partial charge in [0.25, 0.3) is 0 Å². The van der Waals surface area contributed by atoms with Crippen LogP contribution >= 0.6 is 0 Å². The quantitative estimate of drug-likeness (QED) is 0.769. The first kappa shape index (κ1) is 16.0. The van der Waals surface area contributed by atoms with Crippen molar-refractivity contribution in [3.05, 3.63) is 11.9 Å². The molecule has 2 N–H and O–H groups in total. The van der Waals surface area contributed by atoms with Crippen molar-refractivity contribution in [2.24, 2.45) is 0 Å². The molecule has 1 atom stereocenters. The number of nitrogens with one attached hydrogen (secondary N) is 2. The lowest BCUT2D eigenvalue weighted by Crippen LogP contribution is -2.16. The third-order valence-corrected chi connectivity index (χ3v) is 3.79. The summed E-state index contributed by atoms with van der Waals surface area (Å²) in [5.41, 5.74) is 1.18. The van der Waals surface area contributed by atoms with E-state index in [1.54, 1.807) is 6.33 Å². The molecule has 5 nitrogen and oxygen atoms in total. The number of ether oxygens (including phenoxy) is 1. The number of nitrogens with zero attached hydrogens (tertiary/aromatic N) is 2. The van der Waals surface area contributed by atoms with Crippen molar-refractivity contribution in [3.8, 4) is 0 Å². The van der Waals surface area contributed by atoms with Gasteiger partial charge < -0.3 is 15.4 Å². The van der Waals surface area contributed by atoms with Crippen LogP contribution < -0.4 is 10.6 Å². The molecule has 5 heteroatoms. The fraction of sp³-hybridized carbons (Fsp3) is 0.750. The van der Waals surface area contributed by atoms with E-state index in [0.29, 0.717) is 12.0 Å². The second-order valence-electron chi connectivity index (χ2n) is 5.92. The lowest BCUT2D eigenvalue weighted by molar-refractivity contribution is 0.107. The highest BCUT2D eigenvalue weighted by molar-refractivity contribution is 5.58. The highest BCUT2D eigenvalue weighted by Gasteiger charge is 2.17. The Hall–Kier alpha value is -1.36. The SMILES string of the molecule is CCCNc1ncnc(NCCC2CCCO2)c1C(C)C. The van der Waals surface area contributed by atoms with Crippen molar-refractivity contribution in [2.75, 3.05) is 30.3 Å². The Labute approximate surface area is 127 Å². The minimum absolute atomic E-state index is 0.385. The minimum Gasteiger partial charge on any atom is -0.378 e. The lowest BCUT2D eigenvalue weighted by Gasteiger charge is -2.18. The zero-order valence-electron chi connectivity index (χ0n) is 13.5. The highest BCUT2D eigenvalue weighted by atomic mass is 16.5. The van der Waals surface area contributed by atoms with Crippen molar-refractivity contribution in [2.45, 2.75) is 58.5 Å². The molecule has 0 spiro atoms.